The third-order valence-electron chi connectivity index (χ3n) is 3.81. The van der Waals surface area contributed by atoms with Gasteiger partial charge in [0.15, 0.2) is 6.61 Å². The van der Waals surface area contributed by atoms with Crippen LogP contribution in [0.5, 0.6) is 0 Å². The molecule has 1 amide bonds. The van der Waals surface area contributed by atoms with Crippen LogP contribution in [0.1, 0.15) is 35.2 Å². The number of rotatable bonds is 6. The molecule has 1 aromatic carbocycles. The Morgan fingerprint density at radius 2 is 1.92 bits per heavy atom. The topological polar surface area (TPSA) is 81.7 Å². The first-order valence-corrected chi connectivity index (χ1v) is 7.85. The van der Waals surface area contributed by atoms with Gasteiger partial charge in [-0.1, -0.05) is 24.3 Å². The van der Waals surface area contributed by atoms with E-state index < -0.39 is 5.97 Å². The molecule has 1 aliphatic rings. The lowest BCUT2D eigenvalue weighted by molar-refractivity contribution is -0.152. The molecule has 0 saturated carbocycles. The lowest BCUT2D eigenvalue weighted by Crippen LogP contribution is -2.30. The van der Waals surface area contributed by atoms with Crippen LogP contribution < -0.4 is 5.32 Å². The standard InChI is InChI=1S/C18H21NO5/c1-23-17(21)15-9-7-13(8-10-15)11-19-16(20)12-24-18(22)14-5-3-2-4-6-14/h2-3,7-10,14H,4-6,11-12H2,1H3,(H,19,20)/t14-/m0/s1. The van der Waals surface area contributed by atoms with Crippen LogP contribution in [0.4, 0.5) is 0 Å². The second-order valence-electron chi connectivity index (χ2n) is 5.55. The van der Waals surface area contributed by atoms with Gasteiger partial charge in [0.05, 0.1) is 18.6 Å². The third-order valence-corrected chi connectivity index (χ3v) is 3.81. The zero-order valence-electron chi connectivity index (χ0n) is 13.6. The van der Waals surface area contributed by atoms with Crippen molar-refractivity contribution in [2.75, 3.05) is 13.7 Å². The first kappa shape index (κ1) is 17.7. The number of esters is 2. The summed E-state index contributed by atoms with van der Waals surface area (Å²) in [5.74, 6) is -1.23. The fourth-order valence-electron chi connectivity index (χ4n) is 2.39. The van der Waals surface area contributed by atoms with Crippen molar-refractivity contribution in [3.05, 3.63) is 47.5 Å². The summed E-state index contributed by atoms with van der Waals surface area (Å²) in [5, 5.41) is 2.67. The molecule has 0 bridgehead atoms. The summed E-state index contributed by atoms with van der Waals surface area (Å²) in [6, 6.07) is 6.72. The monoisotopic (exact) mass is 331 g/mol. The van der Waals surface area contributed by atoms with Crippen LogP contribution in [-0.4, -0.2) is 31.6 Å². The van der Waals surface area contributed by atoms with Gasteiger partial charge in [0.25, 0.3) is 5.91 Å². The fourth-order valence-corrected chi connectivity index (χ4v) is 2.39. The summed E-state index contributed by atoms with van der Waals surface area (Å²) in [6.45, 7) is 0.0172. The molecule has 0 radical (unpaired) electrons. The largest absolute Gasteiger partial charge is 0.465 e. The van der Waals surface area contributed by atoms with E-state index in [-0.39, 0.29) is 24.4 Å². The number of ether oxygens (including phenoxy) is 2. The van der Waals surface area contributed by atoms with Crippen LogP contribution in [-0.2, 0) is 25.6 Å². The van der Waals surface area contributed by atoms with Crippen molar-refractivity contribution in [1.82, 2.24) is 5.32 Å². The molecule has 0 spiro atoms. The van der Waals surface area contributed by atoms with E-state index in [2.05, 4.69) is 10.1 Å². The molecule has 0 fully saturated rings. The molecule has 128 valence electrons. The average Bonchev–Trinajstić information content (AvgIpc) is 2.64. The molecule has 0 saturated heterocycles. The summed E-state index contributed by atoms with van der Waals surface area (Å²) in [7, 11) is 1.32. The van der Waals surface area contributed by atoms with E-state index in [1.807, 2.05) is 12.2 Å². The summed E-state index contributed by atoms with van der Waals surface area (Å²) >= 11 is 0. The lowest BCUT2D eigenvalue weighted by atomic mass is 9.95. The maximum atomic E-state index is 11.8. The Morgan fingerprint density at radius 1 is 1.17 bits per heavy atom. The van der Waals surface area contributed by atoms with Gasteiger partial charge in [-0.2, -0.15) is 0 Å². The van der Waals surface area contributed by atoms with E-state index in [4.69, 9.17) is 4.74 Å². The molecule has 24 heavy (non-hydrogen) atoms. The van der Waals surface area contributed by atoms with Gasteiger partial charge in [-0.25, -0.2) is 4.79 Å². The smallest absolute Gasteiger partial charge is 0.337 e. The number of carbonyl (C=O) groups excluding carboxylic acids is 3. The molecule has 1 aliphatic carbocycles. The highest BCUT2D eigenvalue weighted by molar-refractivity contribution is 5.89. The van der Waals surface area contributed by atoms with Crippen molar-refractivity contribution < 1.29 is 23.9 Å². The van der Waals surface area contributed by atoms with Crippen molar-refractivity contribution in [3.63, 3.8) is 0 Å². The van der Waals surface area contributed by atoms with Crippen molar-refractivity contribution in [2.45, 2.75) is 25.8 Å². The second-order valence-corrected chi connectivity index (χ2v) is 5.55. The van der Waals surface area contributed by atoms with E-state index in [0.717, 1.165) is 18.4 Å². The minimum absolute atomic E-state index is 0.145. The molecule has 6 heteroatoms. The SMILES string of the molecule is COC(=O)c1ccc(CNC(=O)COC(=O)[C@H]2CC=CCC2)cc1. The van der Waals surface area contributed by atoms with Crippen LogP contribution in [0.3, 0.4) is 0 Å². The van der Waals surface area contributed by atoms with E-state index >= 15 is 0 Å². The number of allylic oxidation sites excluding steroid dienone is 2. The number of nitrogens with one attached hydrogen (secondary N) is 1. The van der Waals surface area contributed by atoms with Crippen LogP contribution in [0.2, 0.25) is 0 Å². The van der Waals surface area contributed by atoms with Gasteiger partial charge in [-0.15, -0.1) is 0 Å². The molecule has 0 heterocycles. The highest BCUT2D eigenvalue weighted by Crippen LogP contribution is 2.19. The Labute approximate surface area is 140 Å². The first-order valence-electron chi connectivity index (χ1n) is 7.85. The normalized spacial score (nSPS) is 16.3. The van der Waals surface area contributed by atoms with Gasteiger partial charge in [0.1, 0.15) is 0 Å². The minimum Gasteiger partial charge on any atom is -0.465 e. The van der Waals surface area contributed by atoms with E-state index in [1.54, 1.807) is 24.3 Å². The molecule has 1 atom stereocenters. The van der Waals surface area contributed by atoms with E-state index in [1.165, 1.54) is 7.11 Å². The number of hydrogen-bond donors (Lipinski definition) is 1. The second kappa shape index (κ2) is 8.86. The van der Waals surface area contributed by atoms with Gasteiger partial charge in [0, 0.05) is 6.54 Å². The molecule has 0 aromatic heterocycles. The molecule has 6 nitrogen and oxygen atoms in total. The molecular formula is C18H21NO5. The van der Waals surface area contributed by atoms with Crippen LogP contribution in [0.25, 0.3) is 0 Å². The zero-order valence-corrected chi connectivity index (χ0v) is 13.6. The molecule has 1 N–H and O–H groups in total. The quantitative estimate of drug-likeness (QED) is 0.637. The molecular weight excluding hydrogens is 310 g/mol. The van der Waals surface area contributed by atoms with Crippen molar-refractivity contribution in [1.29, 1.82) is 0 Å². The predicted molar refractivity (Wildman–Crippen MR) is 87.1 cm³/mol. The average molecular weight is 331 g/mol. The van der Waals surface area contributed by atoms with Crippen LogP contribution in [0.15, 0.2) is 36.4 Å². The van der Waals surface area contributed by atoms with E-state index in [9.17, 15) is 14.4 Å². The fraction of sp³-hybridized carbons (Fsp3) is 0.389. The Morgan fingerprint density at radius 3 is 2.54 bits per heavy atom. The van der Waals surface area contributed by atoms with Crippen LogP contribution in [0, 0.1) is 5.92 Å². The number of methoxy groups -OCH3 is 1. The highest BCUT2D eigenvalue weighted by atomic mass is 16.5. The predicted octanol–water partition coefficient (Wildman–Crippen LogP) is 1.99. The number of amides is 1. The first-order chi connectivity index (χ1) is 11.6. The highest BCUT2D eigenvalue weighted by Gasteiger charge is 2.20. The summed E-state index contributed by atoms with van der Waals surface area (Å²) in [5.41, 5.74) is 1.28. The molecule has 0 unspecified atom stereocenters. The minimum atomic E-state index is -0.407. The van der Waals surface area contributed by atoms with Crippen molar-refractivity contribution >= 4 is 17.8 Å². The number of carbonyl (C=O) groups is 3. The zero-order chi connectivity index (χ0) is 17.4. The van der Waals surface area contributed by atoms with Gasteiger partial charge in [-0.3, -0.25) is 9.59 Å². The van der Waals surface area contributed by atoms with Gasteiger partial charge in [-0.05, 0) is 37.0 Å². The maximum Gasteiger partial charge on any atom is 0.337 e. The Balaban J connectivity index is 1.71. The molecule has 1 aromatic rings. The molecule has 2 rings (SSSR count). The Kier molecular flexibility index (Phi) is 6.54. The Hall–Kier alpha value is -2.63. The number of hydrogen-bond acceptors (Lipinski definition) is 5. The third kappa shape index (κ3) is 5.22. The Bertz CT molecular complexity index is 621. The van der Waals surface area contributed by atoms with Crippen molar-refractivity contribution in [3.8, 4) is 0 Å². The van der Waals surface area contributed by atoms with Crippen molar-refractivity contribution in [2.24, 2.45) is 5.92 Å². The summed E-state index contributed by atoms with van der Waals surface area (Å²) in [4.78, 5) is 34.9. The number of benzene rings is 1. The lowest BCUT2D eigenvalue weighted by Gasteiger charge is -2.16. The van der Waals surface area contributed by atoms with E-state index in [0.29, 0.717) is 18.5 Å². The summed E-state index contributed by atoms with van der Waals surface area (Å²) in [6.07, 6.45) is 6.32. The summed E-state index contributed by atoms with van der Waals surface area (Å²) < 4.78 is 9.67. The molecule has 0 aliphatic heterocycles. The van der Waals surface area contributed by atoms with Gasteiger partial charge >= 0.3 is 11.9 Å². The maximum absolute atomic E-state index is 11.8. The van der Waals surface area contributed by atoms with Crippen LogP contribution >= 0.6 is 0 Å². The van der Waals surface area contributed by atoms with Gasteiger partial charge in [0.2, 0.25) is 0 Å². The van der Waals surface area contributed by atoms with Gasteiger partial charge < -0.3 is 14.8 Å².